The van der Waals surface area contributed by atoms with Crippen molar-refractivity contribution in [3.8, 4) is 0 Å². The lowest BCUT2D eigenvalue weighted by molar-refractivity contribution is 0.544. The van der Waals surface area contributed by atoms with Crippen LogP contribution in [-0.2, 0) is 13.5 Å². The first kappa shape index (κ1) is 12.2. The van der Waals surface area contributed by atoms with Crippen LogP contribution >= 0.6 is 0 Å². The van der Waals surface area contributed by atoms with Gasteiger partial charge in [0, 0.05) is 31.9 Å². The van der Waals surface area contributed by atoms with E-state index >= 15 is 0 Å². The first-order valence-electron chi connectivity index (χ1n) is 5.89. The minimum atomic E-state index is 0.611. The van der Waals surface area contributed by atoms with E-state index in [9.17, 15) is 0 Å². The van der Waals surface area contributed by atoms with Crippen LogP contribution in [0.5, 0.6) is 0 Å². The standard InChI is InChI=1S/C12H23N3/c1-11(2)13-8-6-4-5-7-12-14-9-10-15(12)3/h9-11,13H,4-8H2,1-3H3. The third-order valence-corrected chi connectivity index (χ3v) is 2.55. The van der Waals surface area contributed by atoms with Crippen molar-refractivity contribution >= 4 is 0 Å². The maximum Gasteiger partial charge on any atom is 0.108 e. The van der Waals surface area contributed by atoms with Crippen molar-refractivity contribution in [1.82, 2.24) is 14.9 Å². The zero-order valence-corrected chi connectivity index (χ0v) is 10.2. The van der Waals surface area contributed by atoms with E-state index in [-0.39, 0.29) is 0 Å². The van der Waals surface area contributed by atoms with E-state index in [1.807, 2.05) is 12.4 Å². The fourth-order valence-corrected chi connectivity index (χ4v) is 1.61. The molecule has 1 aromatic rings. The molecule has 0 bridgehead atoms. The second kappa shape index (κ2) is 6.62. The first-order chi connectivity index (χ1) is 7.20. The number of hydrogen-bond donors (Lipinski definition) is 1. The molecule has 0 saturated heterocycles. The Bertz CT molecular complexity index is 266. The number of aryl methyl sites for hydroxylation is 2. The van der Waals surface area contributed by atoms with Gasteiger partial charge in [0.2, 0.25) is 0 Å². The van der Waals surface area contributed by atoms with Crippen LogP contribution in [0.15, 0.2) is 12.4 Å². The highest BCUT2D eigenvalue weighted by molar-refractivity contribution is 4.90. The maximum atomic E-state index is 4.31. The Morgan fingerprint density at radius 1 is 1.33 bits per heavy atom. The highest BCUT2D eigenvalue weighted by Gasteiger charge is 1.98. The van der Waals surface area contributed by atoms with Gasteiger partial charge in [0.25, 0.3) is 0 Å². The van der Waals surface area contributed by atoms with Gasteiger partial charge < -0.3 is 9.88 Å². The van der Waals surface area contributed by atoms with Gasteiger partial charge in [-0.2, -0.15) is 0 Å². The Kier molecular flexibility index (Phi) is 5.40. The Balaban J connectivity index is 2.00. The van der Waals surface area contributed by atoms with Gasteiger partial charge in [0.1, 0.15) is 5.82 Å². The zero-order chi connectivity index (χ0) is 11.1. The molecule has 0 amide bonds. The summed E-state index contributed by atoms with van der Waals surface area (Å²) in [6.45, 7) is 5.51. The SMILES string of the molecule is CC(C)NCCCCCc1nccn1C. The van der Waals surface area contributed by atoms with E-state index in [1.54, 1.807) is 0 Å². The molecular formula is C12H23N3. The van der Waals surface area contributed by atoms with Crippen molar-refractivity contribution in [2.24, 2.45) is 7.05 Å². The molecular weight excluding hydrogens is 186 g/mol. The highest BCUT2D eigenvalue weighted by Crippen LogP contribution is 2.03. The molecule has 0 aliphatic carbocycles. The van der Waals surface area contributed by atoms with Crippen molar-refractivity contribution < 1.29 is 0 Å². The summed E-state index contributed by atoms with van der Waals surface area (Å²) in [4.78, 5) is 4.31. The lowest BCUT2D eigenvalue weighted by Crippen LogP contribution is -2.23. The fourth-order valence-electron chi connectivity index (χ4n) is 1.61. The van der Waals surface area contributed by atoms with Crippen molar-refractivity contribution in [2.45, 2.75) is 45.6 Å². The van der Waals surface area contributed by atoms with Crippen LogP contribution < -0.4 is 5.32 Å². The van der Waals surface area contributed by atoms with Crippen LogP contribution in [-0.4, -0.2) is 22.1 Å². The molecule has 1 N–H and O–H groups in total. The number of unbranched alkanes of at least 4 members (excludes halogenated alkanes) is 2. The van der Waals surface area contributed by atoms with Crippen molar-refractivity contribution in [1.29, 1.82) is 0 Å². The van der Waals surface area contributed by atoms with E-state index in [1.165, 1.54) is 25.1 Å². The van der Waals surface area contributed by atoms with Crippen LogP contribution in [0.3, 0.4) is 0 Å². The van der Waals surface area contributed by atoms with E-state index in [0.717, 1.165) is 13.0 Å². The zero-order valence-electron chi connectivity index (χ0n) is 10.2. The van der Waals surface area contributed by atoms with E-state index < -0.39 is 0 Å². The normalized spacial score (nSPS) is 11.2. The molecule has 15 heavy (non-hydrogen) atoms. The molecule has 3 nitrogen and oxygen atoms in total. The molecule has 0 fully saturated rings. The van der Waals surface area contributed by atoms with Gasteiger partial charge >= 0.3 is 0 Å². The van der Waals surface area contributed by atoms with Gasteiger partial charge in [0.05, 0.1) is 0 Å². The minimum Gasteiger partial charge on any atom is -0.338 e. The summed E-state index contributed by atoms with van der Waals surface area (Å²) in [5, 5.41) is 3.43. The summed E-state index contributed by atoms with van der Waals surface area (Å²) in [5.74, 6) is 1.20. The van der Waals surface area contributed by atoms with Gasteiger partial charge in [-0.3, -0.25) is 0 Å². The monoisotopic (exact) mass is 209 g/mol. The summed E-state index contributed by atoms with van der Waals surface area (Å²) in [7, 11) is 2.06. The molecule has 0 radical (unpaired) electrons. The smallest absolute Gasteiger partial charge is 0.108 e. The quantitative estimate of drug-likeness (QED) is 0.697. The second-order valence-corrected chi connectivity index (χ2v) is 4.37. The second-order valence-electron chi connectivity index (χ2n) is 4.37. The minimum absolute atomic E-state index is 0.611. The lowest BCUT2D eigenvalue weighted by Gasteiger charge is -2.07. The Morgan fingerprint density at radius 3 is 2.73 bits per heavy atom. The topological polar surface area (TPSA) is 29.9 Å². The predicted molar refractivity (Wildman–Crippen MR) is 63.9 cm³/mol. The molecule has 1 rings (SSSR count). The van der Waals surface area contributed by atoms with Gasteiger partial charge in [-0.1, -0.05) is 20.3 Å². The summed E-state index contributed by atoms with van der Waals surface area (Å²) in [6, 6.07) is 0.611. The van der Waals surface area contributed by atoms with Gasteiger partial charge in [0.15, 0.2) is 0 Å². The van der Waals surface area contributed by atoms with Gasteiger partial charge in [-0.05, 0) is 19.4 Å². The average molecular weight is 209 g/mol. The predicted octanol–water partition coefficient (Wildman–Crippen LogP) is 2.13. The van der Waals surface area contributed by atoms with Crippen LogP contribution in [0.2, 0.25) is 0 Å². The fraction of sp³-hybridized carbons (Fsp3) is 0.750. The molecule has 1 aromatic heterocycles. The number of nitrogens with one attached hydrogen (secondary N) is 1. The summed E-state index contributed by atoms with van der Waals surface area (Å²) in [6.07, 6.45) is 8.77. The molecule has 0 aliphatic heterocycles. The Hall–Kier alpha value is -0.830. The lowest BCUT2D eigenvalue weighted by atomic mass is 10.2. The van der Waals surface area contributed by atoms with Crippen LogP contribution in [0.1, 0.15) is 38.9 Å². The number of hydrogen-bond acceptors (Lipinski definition) is 2. The molecule has 0 spiro atoms. The van der Waals surface area contributed by atoms with Crippen LogP contribution in [0.4, 0.5) is 0 Å². The Morgan fingerprint density at radius 2 is 2.13 bits per heavy atom. The van der Waals surface area contributed by atoms with E-state index in [2.05, 4.69) is 35.8 Å². The van der Waals surface area contributed by atoms with Gasteiger partial charge in [-0.15, -0.1) is 0 Å². The average Bonchev–Trinajstić information content (AvgIpc) is 2.57. The number of aromatic nitrogens is 2. The molecule has 0 unspecified atom stereocenters. The molecule has 0 saturated carbocycles. The molecule has 0 aromatic carbocycles. The van der Waals surface area contributed by atoms with Gasteiger partial charge in [-0.25, -0.2) is 4.98 Å². The molecule has 1 heterocycles. The molecule has 86 valence electrons. The summed E-state index contributed by atoms with van der Waals surface area (Å²) < 4.78 is 2.10. The molecule has 3 heteroatoms. The third-order valence-electron chi connectivity index (χ3n) is 2.55. The van der Waals surface area contributed by atoms with Crippen LogP contribution in [0, 0.1) is 0 Å². The summed E-state index contributed by atoms with van der Waals surface area (Å²) in [5.41, 5.74) is 0. The number of imidazole rings is 1. The van der Waals surface area contributed by atoms with E-state index in [0.29, 0.717) is 6.04 Å². The van der Waals surface area contributed by atoms with Crippen LogP contribution in [0.25, 0.3) is 0 Å². The largest absolute Gasteiger partial charge is 0.338 e. The van der Waals surface area contributed by atoms with E-state index in [4.69, 9.17) is 0 Å². The third kappa shape index (κ3) is 4.98. The van der Waals surface area contributed by atoms with Crippen molar-refractivity contribution in [3.63, 3.8) is 0 Å². The van der Waals surface area contributed by atoms with Crippen molar-refractivity contribution in [2.75, 3.05) is 6.54 Å². The molecule has 0 atom stereocenters. The maximum absolute atomic E-state index is 4.31. The Labute approximate surface area is 92.9 Å². The first-order valence-corrected chi connectivity index (χ1v) is 5.89. The number of rotatable bonds is 7. The summed E-state index contributed by atoms with van der Waals surface area (Å²) >= 11 is 0. The highest BCUT2D eigenvalue weighted by atomic mass is 15.0. The molecule has 0 aliphatic rings. The van der Waals surface area contributed by atoms with Crippen molar-refractivity contribution in [3.05, 3.63) is 18.2 Å². The number of nitrogens with zero attached hydrogens (tertiary/aromatic N) is 2.